The molecule has 0 saturated carbocycles. The van der Waals surface area contributed by atoms with Gasteiger partial charge in [0.1, 0.15) is 0 Å². The number of hydrogen-bond donors (Lipinski definition) is 0. The maximum absolute atomic E-state index is 13.0. The Bertz CT molecular complexity index is 1070. The normalized spacial score (nSPS) is 15.9. The number of halogens is 6. The fourth-order valence-electron chi connectivity index (χ4n) is 4.32. The van der Waals surface area contributed by atoms with Crippen LogP contribution in [0.5, 0.6) is 0 Å². The van der Waals surface area contributed by atoms with Crippen LogP contribution in [0.25, 0.3) is 0 Å². The van der Waals surface area contributed by atoms with Crippen LogP contribution in [0.4, 0.5) is 37.7 Å². The highest BCUT2D eigenvalue weighted by atomic mass is 19.4. The summed E-state index contributed by atoms with van der Waals surface area (Å²) in [5.74, 6) is 0. The lowest BCUT2D eigenvalue weighted by Gasteiger charge is -2.40. The van der Waals surface area contributed by atoms with Crippen LogP contribution in [0.1, 0.15) is 29.5 Å². The topological polar surface area (TPSA) is 19.4 Å². The highest BCUT2D eigenvalue weighted by molar-refractivity contribution is 5.63. The number of alkyl halides is 6. The fraction of sp³-hybridized carbons (Fsp3) is 0.320. The Balaban J connectivity index is 1.49. The van der Waals surface area contributed by atoms with E-state index in [1.165, 1.54) is 24.3 Å². The molecule has 1 fully saturated rings. The zero-order chi connectivity index (χ0) is 24.3. The Morgan fingerprint density at radius 3 is 2.06 bits per heavy atom. The second kappa shape index (κ2) is 9.66. The van der Waals surface area contributed by atoms with E-state index in [4.69, 9.17) is 0 Å². The van der Waals surface area contributed by atoms with Crippen molar-refractivity contribution in [3.05, 3.63) is 89.7 Å². The van der Waals surface area contributed by atoms with Crippen molar-refractivity contribution in [1.82, 2.24) is 9.88 Å². The molecule has 0 amide bonds. The SMILES string of the molecule is FC(F)(F)c1ccc(N(c2cccnc2)C2CCN(Cc3cccc(C(F)(F)F)c3)CC2)cc1. The van der Waals surface area contributed by atoms with Crippen molar-refractivity contribution in [2.24, 2.45) is 0 Å². The summed E-state index contributed by atoms with van der Waals surface area (Å²) in [6, 6.07) is 14.1. The van der Waals surface area contributed by atoms with Crippen molar-refractivity contribution >= 4 is 11.4 Å². The van der Waals surface area contributed by atoms with Gasteiger partial charge in [0.2, 0.25) is 0 Å². The maximum Gasteiger partial charge on any atom is 0.416 e. The minimum atomic E-state index is -4.41. The number of nitrogens with zero attached hydrogens (tertiary/aromatic N) is 3. The minimum absolute atomic E-state index is 0.0127. The van der Waals surface area contributed by atoms with Gasteiger partial charge < -0.3 is 4.90 Å². The van der Waals surface area contributed by atoms with Gasteiger partial charge in [0.25, 0.3) is 0 Å². The summed E-state index contributed by atoms with van der Waals surface area (Å²) in [5, 5.41) is 0. The lowest BCUT2D eigenvalue weighted by Crippen LogP contribution is -2.43. The van der Waals surface area contributed by atoms with Crippen LogP contribution < -0.4 is 4.90 Å². The van der Waals surface area contributed by atoms with E-state index in [9.17, 15) is 26.3 Å². The molecule has 1 aliphatic heterocycles. The van der Waals surface area contributed by atoms with Crippen LogP contribution in [-0.2, 0) is 18.9 Å². The molecule has 2 heterocycles. The molecule has 1 saturated heterocycles. The largest absolute Gasteiger partial charge is 0.416 e. The molecule has 1 aromatic heterocycles. The summed E-state index contributed by atoms with van der Waals surface area (Å²) in [7, 11) is 0. The van der Waals surface area contributed by atoms with Gasteiger partial charge in [0, 0.05) is 37.6 Å². The minimum Gasteiger partial charge on any atom is -0.337 e. The molecule has 0 spiro atoms. The highest BCUT2D eigenvalue weighted by Crippen LogP contribution is 2.35. The summed E-state index contributed by atoms with van der Waals surface area (Å²) >= 11 is 0. The molecule has 34 heavy (non-hydrogen) atoms. The predicted octanol–water partition coefficient (Wildman–Crippen LogP) is 6.92. The number of pyridine rings is 1. The highest BCUT2D eigenvalue weighted by Gasteiger charge is 2.32. The van der Waals surface area contributed by atoms with E-state index in [0.717, 1.165) is 23.9 Å². The fourth-order valence-corrected chi connectivity index (χ4v) is 4.32. The summed E-state index contributed by atoms with van der Waals surface area (Å²) in [6.07, 6.45) is -4.08. The third-order valence-corrected chi connectivity index (χ3v) is 5.98. The molecule has 0 bridgehead atoms. The Kier molecular flexibility index (Phi) is 6.84. The molecule has 180 valence electrons. The zero-order valence-electron chi connectivity index (χ0n) is 18.2. The maximum atomic E-state index is 13.0. The molecule has 9 heteroatoms. The molecule has 3 aromatic rings. The lowest BCUT2D eigenvalue weighted by atomic mass is 10.00. The molecule has 0 unspecified atom stereocenters. The van der Waals surface area contributed by atoms with Crippen LogP contribution in [0.3, 0.4) is 0 Å². The van der Waals surface area contributed by atoms with Gasteiger partial charge in [-0.3, -0.25) is 9.88 Å². The van der Waals surface area contributed by atoms with Gasteiger partial charge in [0.05, 0.1) is 23.0 Å². The van der Waals surface area contributed by atoms with Crippen LogP contribution in [0.2, 0.25) is 0 Å². The molecule has 1 aliphatic rings. The van der Waals surface area contributed by atoms with Crippen molar-refractivity contribution in [2.45, 2.75) is 37.8 Å². The molecular formula is C25H23F6N3. The summed E-state index contributed by atoms with van der Waals surface area (Å²) in [6.45, 7) is 1.71. The summed E-state index contributed by atoms with van der Waals surface area (Å²) in [5.41, 5.74) is 0.638. The predicted molar refractivity (Wildman–Crippen MR) is 118 cm³/mol. The zero-order valence-corrected chi connectivity index (χ0v) is 18.2. The van der Waals surface area contributed by atoms with E-state index in [1.807, 2.05) is 11.0 Å². The smallest absolute Gasteiger partial charge is 0.337 e. The quantitative estimate of drug-likeness (QED) is 0.370. The number of anilines is 2. The van der Waals surface area contributed by atoms with E-state index >= 15 is 0 Å². The van der Waals surface area contributed by atoms with Crippen molar-refractivity contribution in [3.63, 3.8) is 0 Å². The molecule has 3 nitrogen and oxygen atoms in total. The van der Waals surface area contributed by atoms with Crippen molar-refractivity contribution in [1.29, 1.82) is 0 Å². The van der Waals surface area contributed by atoms with Crippen LogP contribution in [0, 0.1) is 0 Å². The van der Waals surface area contributed by atoms with E-state index in [1.54, 1.807) is 24.5 Å². The van der Waals surface area contributed by atoms with Crippen molar-refractivity contribution in [2.75, 3.05) is 18.0 Å². The van der Waals surface area contributed by atoms with Crippen LogP contribution in [0.15, 0.2) is 73.1 Å². The molecule has 0 atom stereocenters. The Morgan fingerprint density at radius 2 is 1.47 bits per heavy atom. The first kappa shape index (κ1) is 24.1. The van der Waals surface area contributed by atoms with Gasteiger partial charge in [-0.2, -0.15) is 26.3 Å². The second-order valence-corrected chi connectivity index (χ2v) is 8.33. The van der Waals surface area contributed by atoms with Gasteiger partial charge in [0.15, 0.2) is 0 Å². The molecule has 4 rings (SSSR count). The summed E-state index contributed by atoms with van der Waals surface area (Å²) in [4.78, 5) is 8.25. The van der Waals surface area contributed by atoms with Crippen molar-refractivity contribution < 1.29 is 26.3 Å². The Hall–Kier alpha value is -3.07. The van der Waals surface area contributed by atoms with E-state index in [2.05, 4.69) is 9.88 Å². The third kappa shape index (κ3) is 5.70. The van der Waals surface area contributed by atoms with Crippen LogP contribution in [-0.4, -0.2) is 29.0 Å². The van der Waals surface area contributed by atoms with E-state index < -0.39 is 23.5 Å². The first-order valence-electron chi connectivity index (χ1n) is 10.9. The number of likely N-dealkylation sites (tertiary alicyclic amines) is 1. The molecule has 2 aromatic carbocycles. The number of aromatic nitrogens is 1. The Morgan fingerprint density at radius 1 is 0.794 bits per heavy atom. The Labute approximate surface area is 193 Å². The average molecular weight is 479 g/mol. The molecule has 0 aliphatic carbocycles. The van der Waals surface area contributed by atoms with Gasteiger partial charge >= 0.3 is 12.4 Å². The van der Waals surface area contributed by atoms with E-state index in [0.29, 0.717) is 43.7 Å². The number of piperidine rings is 1. The van der Waals surface area contributed by atoms with Crippen LogP contribution >= 0.6 is 0 Å². The van der Waals surface area contributed by atoms with Crippen molar-refractivity contribution in [3.8, 4) is 0 Å². The average Bonchev–Trinajstić information content (AvgIpc) is 2.81. The first-order valence-corrected chi connectivity index (χ1v) is 10.9. The third-order valence-electron chi connectivity index (χ3n) is 5.98. The molecular weight excluding hydrogens is 456 g/mol. The van der Waals surface area contributed by atoms with Gasteiger partial charge in [-0.1, -0.05) is 18.2 Å². The standard InChI is InChI=1S/C25H23F6N3/c26-24(27,28)19-6-8-21(9-7-19)34(23-5-2-12-32-16-23)22-10-13-33(14-11-22)17-18-3-1-4-20(15-18)25(29,30)31/h1-9,12,15-16,22H,10-11,13-14,17H2. The molecule has 0 radical (unpaired) electrons. The molecule has 0 N–H and O–H groups in total. The van der Waals surface area contributed by atoms with Gasteiger partial charge in [-0.25, -0.2) is 0 Å². The first-order chi connectivity index (χ1) is 16.1. The second-order valence-electron chi connectivity index (χ2n) is 8.33. The van der Waals surface area contributed by atoms with Gasteiger partial charge in [-0.05, 0) is 60.9 Å². The summed E-state index contributed by atoms with van der Waals surface area (Å²) < 4.78 is 78.1. The number of benzene rings is 2. The number of rotatable bonds is 5. The number of hydrogen-bond acceptors (Lipinski definition) is 3. The monoisotopic (exact) mass is 479 g/mol. The van der Waals surface area contributed by atoms with E-state index in [-0.39, 0.29) is 6.04 Å². The van der Waals surface area contributed by atoms with Gasteiger partial charge in [-0.15, -0.1) is 0 Å². The lowest BCUT2D eigenvalue weighted by molar-refractivity contribution is -0.138.